The summed E-state index contributed by atoms with van der Waals surface area (Å²) in [4.78, 5) is 4.77. The minimum absolute atomic E-state index is 0.113. The van der Waals surface area contributed by atoms with Crippen LogP contribution in [0.5, 0.6) is 5.75 Å². The maximum Gasteiger partial charge on any atom is 0.137 e. The summed E-state index contributed by atoms with van der Waals surface area (Å²) in [5, 5.41) is 0. The lowest BCUT2D eigenvalue weighted by atomic mass is 9.81. The summed E-state index contributed by atoms with van der Waals surface area (Å²) in [6.07, 6.45) is 5.82. The molecule has 96 valence electrons. The zero-order valence-corrected chi connectivity index (χ0v) is 12.8. The van der Waals surface area contributed by atoms with Crippen molar-refractivity contribution in [2.45, 2.75) is 50.8 Å². The van der Waals surface area contributed by atoms with Crippen molar-refractivity contribution >= 4 is 15.9 Å². The second-order valence-corrected chi connectivity index (χ2v) is 6.69. The second-order valence-electron chi connectivity index (χ2n) is 5.13. The van der Waals surface area contributed by atoms with Gasteiger partial charge >= 0.3 is 0 Å². The predicted molar refractivity (Wildman–Crippen MR) is 76.1 cm³/mol. The van der Waals surface area contributed by atoms with E-state index in [9.17, 15) is 0 Å². The fourth-order valence-corrected chi connectivity index (χ4v) is 2.72. The van der Waals surface area contributed by atoms with Crippen LogP contribution in [0.15, 0.2) is 18.5 Å². The standard InChI is InChI=1S/C14H22BrNO/c1-5-6-17-13-7-12(9-16-10-13)14(3,4)8-11(2)15/h7,9-11H,5-6,8H2,1-4H3. The van der Waals surface area contributed by atoms with Gasteiger partial charge in [0.05, 0.1) is 12.8 Å². The van der Waals surface area contributed by atoms with E-state index in [1.54, 1.807) is 6.20 Å². The largest absolute Gasteiger partial charge is 0.492 e. The molecule has 0 aliphatic rings. The van der Waals surface area contributed by atoms with Gasteiger partial charge in [0.25, 0.3) is 0 Å². The van der Waals surface area contributed by atoms with E-state index >= 15 is 0 Å². The monoisotopic (exact) mass is 299 g/mol. The molecule has 1 aromatic rings. The lowest BCUT2D eigenvalue weighted by Crippen LogP contribution is -2.21. The zero-order valence-electron chi connectivity index (χ0n) is 11.2. The van der Waals surface area contributed by atoms with Crippen LogP contribution < -0.4 is 4.74 Å². The van der Waals surface area contributed by atoms with Crippen molar-refractivity contribution < 1.29 is 4.74 Å². The molecular formula is C14H22BrNO. The molecule has 0 aliphatic heterocycles. The van der Waals surface area contributed by atoms with Gasteiger partial charge in [-0.05, 0) is 29.9 Å². The molecule has 0 bridgehead atoms. The third-order valence-corrected chi connectivity index (χ3v) is 3.08. The molecule has 1 unspecified atom stereocenters. The van der Waals surface area contributed by atoms with E-state index in [1.807, 2.05) is 6.20 Å². The van der Waals surface area contributed by atoms with E-state index in [0.717, 1.165) is 25.2 Å². The summed E-state index contributed by atoms with van der Waals surface area (Å²) in [6, 6.07) is 2.11. The highest BCUT2D eigenvalue weighted by atomic mass is 79.9. The molecule has 1 rings (SSSR count). The van der Waals surface area contributed by atoms with Gasteiger partial charge in [-0.2, -0.15) is 0 Å². The van der Waals surface area contributed by atoms with Crippen LogP contribution in [0.25, 0.3) is 0 Å². The third kappa shape index (κ3) is 4.66. The number of pyridine rings is 1. The fraction of sp³-hybridized carbons (Fsp3) is 0.643. The van der Waals surface area contributed by atoms with Crippen LogP contribution in [0.3, 0.4) is 0 Å². The fourth-order valence-electron chi connectivity index (χ4n) is 1.91. The Morgan fingerprint density at radius 1 is 1.41 bits per heavy atom. The van der Waals surface area contributed by atoms with Crippen molar-refractivity contribution in [1.29, 1.82) is 0 Å². The van der Waals surface area contributed by atoms with Crippen molar-refractivity contribution in [2.24, 2.45) is 0 Å². The summed E-state index contributed by atoms with van der Waals surface area (Å²) in [6.45, 7) is 9.51. The summed E-state index contributed by atoms with van der Waals surface area (Å²) >= 11 is 3.62. The lowest BCUT2D eigenvalue weighted by molar-refractivity contribution is 0.314. The average Bonchev–Trinajstić information content (AvgIpc) is 2.25. The second kappa shape index (κ2) is 6.39. The molecule has 2 nitrogen and oxygen atoms in total. The van der Waals surface area contributed by atoms with Gasteiger partial charge < -0.3 is 4.74 Å². The van der Waals surface area contributed by atoms with Crippen molar-refractivity contribution in [1.82, 2.24) is 4.98 Å². The first kappa shape index (κ1) is 14.5. The SMILES string of the molecule is CCCOc1cncc(C(C)(C)CC(C)Br)c1. The first-order valence-corrected chi connectivity index (χ1v) is 7.09. The predicted octanol–water partition coefficient (Wildman–Crippen LogP) is 4.32. The topological polar surface area (TPSA) is 22.1 Å². The molecule has 0 saturated heterocycles. The van der Waals surface area contributed by atoms with E-state index in [2.05, 4.69) is 54.7 Å². The van der Waals surface area contributed by atoms with Gasteiger partial charge in [-0.1, -0.05) is 43.6 Å². The highest BCUT2D eigenvalue weighted by Crippen LogP contribution is 2.31. The molecule has 1 heterocycles. The quantitative estimate of drug-likeness (QED) is 0.730. The van der Waals surface area contributed by atoms with Gasteiger partial charge in [-0.25, -0.2) is 0 Å². The van der Waals surface area contributed by atoms with Crippen LogP contribution in [-0.4, -0.2) is 16.4 Å². The molecule has 17 heavy (non-hydrogen) atoms. The van der Waals surface area contributed by atoms with Gasteiger partial charge in [0.15, 0.2) is 0 Å². The first-order valence-electron chi connectivity index (χ1n) is 6.18. The van der Waals surface area contributed by atoms with Crippen molar-refractivity contribution in [3.8, 4) is 5.75 Å². The Morgan fingerprint density at radius 3 is 2.71 bits per heavy atom. The number of ether oxygens (including phenoxy) is 1. The van der Waals surface area contributed by atoms with E-state index in [4.69, 9.17) is 4.74 Å². The average molecular weight is 300 g/mol. The minimum Gasteiger partial charge on any atom is -0.492 e. The van der Waals surface area contributed by atoms with E-state index in [-0.39, 0.29) is 5.41 Å². The molecule has 0 N–H and O–H groups in total. The summed E-state index contributed by atoms with van der Waals surface area (Å²) in [5.41, 5.74) is 1.35. The Bertz CT molecular complexity index is 350. The Hall–Kier alpha value is -0.570. The van der Waals surface area contributed by atoms with Crippen molar-refractivity contribution in [2.75, 3.05) is 6.61 Å². The summed E-state index contributed by atoms with van der Waals surface area (Å²) < 4.78 is 5.62. The van der Waals surface area contributed by atoms with Crippen LogP contribution in [-0.2, 0) is 5.41 Å². The molecule has 0 spiro atoms. The molecule has 0 amide bonds. The summed E-state index contributed by atoms with van der Waals surface area (Å²) in [5.74, 6) is 0.875. The van der Waals surface area contributed by atoms with Crippen LogP contribution in [0.1, 0.15) is 46.1 Å². The molecule has 0 aromatic carbocycles. The van der Waals surface area contributed by atoms with Crippen LogP contribution in [0.4, 0.5) is 0 Å². The number of halogens is 1. The molecule has 1 atom stereocenters. The Morgan fingerprint density at radius 2 is 2.12 bits per heavy atom. The van der Waals surface area contributed by atoms with Crippen LogP contribution in [0.2, 0.25) is 0 Å². The molecule has 3 heteroatoms. The molecule has 1 aromatic heterocycles. The van der Waals surface area contributed by atoms with Gasteiger partial charge in [-0.3, -0.25) is 4.98 Å². The molecule has 0 aliphatic carbocycles. The number of aromatic nitrogens is 1. The maximum absolute atomic E-state index is 5.62. The normalized spacial score (nSPS) is 13.5. The molecule has 0 fully saturated rings. The van der Waals surface area contributed by atoms with Gasteiger partial charge in [-0.15, -0.1) is 0 Å². The highest BCUT2D eigenvalue weighted by molar-refractivity contribution is 9.09. The minimum atomic E-state index is 0.113. The molecular weight excluding hydrogens is 278 g/mol. The van der Waals surface area contributed by atoms with Crippen LogP contribution >= 0.6 is 15.9 Å². The Kier molecular flexibility index (Phi) is 5.44. The summed E-state index contributed by atoms with van der Waals surface area (Å²) in [7, 11) is 0. The number of hydrogen-bond donors (Lipinski definition) is 0. The first-order chi connectivity index (χ1) is 7.95. The van der Waals surface area contributed by atoms with Gasteiger partial charge in [0.1, 0.15) is 5.75 Å². The number of rotatable bonds is 6. The molecule has 0 radical (unpaired) electrons. The number of nitrogens with zero attached hydrogens (tertiary/aromatic N) is 1. The van der Waals surface area contributed by atoms with Crippen molar-refractivity contribution in [3.05, 3.63) is 24.0 Å². The van der Waals surface area contributed by atoms with E-state index < -0.39 is 0 Å². The number of alkyl halides is 1. The number of hydrogen-bond acceptors (Lipinski definition) is 2. The maximum atomic E-state index is 5.62. The highest BCUT2D eigenvalue weighted by Gasteiger charge is 2.23. The van der Waals surface area contributed by atoms with Gasteiger partial charge in [0, 0.05) is 11.0 Å². The third-order valence-electron chi connectivity index (χ3n) is 2.76. The van der Waals surface area contributed by atoms with E-state index in [0.29, 0.717) is 4.83 Å². The Labute approximate surface area is 113 Å². The van der Waals surface area contributed by atoms with Crippen LogP contribution in [0, 0.1) is 0 Å². The zero-order chi connectivity index (χ0) is 12.9. The molecule has 0 saturated carbocycles. The van der Waals surface area contributed by atoms with Gasteiger partial charge in [0.2, 0.25) is 0 Å². The smallest absolute Gasteiger partial charge is 0.137 e. The Balaban J connectivity index is 2.82. The van der Waals surface area contributed by atoms with Crippen molar-refractivity contribution in [3.63, 3.8) is 0 Å². The lowest BCUT2D eigenvalue weighted by Gasteiger charge is -2.26. The van der Waals surface area contributed by atoms with E-state index in [1.165, 1.54) is 5.56 Å².